The molecule has 0 saturated heterocycles. The lowest BCUT2D eigenvalue weighted by atomic mass is 9.89. The number of nitrogens with zero attached hydrogens (tertiary/aromatic N) is 1. The van der Waals surface area contributed by atoms with E-state index in [0.717, 1.165) is 12.8 Å². The fraction of sp³-hybridized carbons (Fsp3) is 0.227. The molecular formula is C22H22BrNO. The summed E-state index contributed by atoms with van der Waals surface area (Å²) in [6.45, 7) is 0.669. The van der Waals surface area contributed by atoms with Crippen LogP contribution >= 0.6 is 17.0 Å². The summed E-state index contributed by atoms with van der Waals surface area (Å²) in [5, 5.41) is 0. The maximum absolute atomic E-state index is 6.25. The molecule has 0 amide bonds. The zero-order chi connectivity index (χ0) is 16.2. The van der Waals surface area contributed by atoms with Crippen LogP contribution in [0.15, 0.2) is 85.2 Å². The molecular weight excluding hydrogens is 374 g/mol. The van der Waals surface area contributed by atoms with Crippen LogP contribution in [0.25, 0.3) is 0 Å². The zero-order valence-corrected chi connectivity index (χ0v) is 15.8. The average Bonchev–Trinajstić information content (AvgIpc) is 3.36. The number of benzene rings is 2. The quantitative estimate of drug-likeness (QED) is 0.576. The minimum absolute atomic E-state index is 0. The third kappa shape index (κ3) is 4.00. The molecule has 0 spiro atoms. The Morgan fingerprint density at radius 2 is 1.56 bits per heavy atom. The van der Waals surface area contributed by atoms with Crippen LogP contribution < -0.4 is 0 Å². The van der Waals surface area contributed by atoms with E-state index in [1.54, 1.807) is 0 Å². The van der Waals surface area contributed by atoms with Gasteiger partial charge >= 0.3 is 0 Å². The Balaban J connectivity index is 0.00000182. The van der Waals surface area contributed by atoms with Crippen LogP contribution in [0.4, 0.5) is 0 Å². The predicted molar refractivity (Wildman–Crippen MR) is 106 cm³/mol. The third-order valence-corrected chi connectivity index (χ3v) is 4.90. The summed E-state index contributed by atoms with van der Waals surface area (Å²) in [6.07, 6.45) is 6.14. The van der Waals surface area contributed by atoms with Crippen molar-refractivity contribution in [3.8, 4) is 0 Å². The highest BCUT2D eigenvalue weighted by molar-refractivity contribution is 8.93. The summed E-state index contributed by atoms with van der Waals surface area (Å²) in [6, 6.07) is 25.3. The summed E-state index contributed by atoms with van der Waals surface area (Å²) in [4.78, 5) is 4.33. The van der Waals surface area contributed by atoms with Crippen molar-refractivity contribution in [2.75, 3.05) is 0 Å². The van der Waals surface area contributed by atoms with E-state index in [9.17, 15) is 0 Å². The minimum Gasteiger partial charge on any atom is -0.373 e. The molecule has 1 aliphatic carbocycles. The Hall–Kier alpha value is -1.97. The average molecular weight is 396 g/mol. The number of halogens is 1. The number of rotatable bonds is 6. The maximum Gasteiger partial charge on any atom is 0.0721 e. The second-order valence-electron chi connectivity index (χ2n) is 6.55. The Bertz CT molecular complexity index is 777. The summed E-state index contributed by atoms with van der Waals surface area (Å²) >= 11 is 0. The van der Waals surface area contributed by atoms with E-state index in [2.05, 4.69) is 65.6 Å². The molecule has 1 saturated carbocycles. The standard InChI is InChI=1S/C22H21NO.BrH/c1-3-8-18(9-4-1)14-22(20-12-7-13-23-16-20)15-21(22)24-17-19-10-5-2-6-11-19;/h1-13,16,21H,14-15,17H2;1H. The first kappa shape index (κ1) is 17.8. The van der Waals surface area contributed by atoms with Crippen molar-refractivity contribution in [2.45, 2.75) is 31.0 Å². The summed E-state index contributed by atoms with van der Waals surface area (Å²) in [7, 11) is 0. The summed E-state index contributed by atoms with van der Waals surface area (Å²) < 4.78 is 6.25. The van der Waals surface area contributed by atoms with E-state index < -0.39 is 0 Å². The molecule has 1 aromatic heterocycles. The third-order valence-electron chi connectivity index (χ3n) is 4.90. The van der Waals surface area contributed by atoms with E-state index in [1.807, 2.05) is 24.5 Å². The largest absolute Gasteiger partial charge is 0.373 e. The van der Waals surface area contributed by atoms with Gasteiger partial charge in [0.2, 0.25) is 0 Å². The van der Waals surface area contributed by atoms with Gasteiger partial charge in [0.05, 0.1) is 12.7 Å². The van der Waals surface area contributed by atoms with Crippen LogP contribution in [0, 0.1) is 0 Å². The van der Waals surface area contributed by atoms with Gasteiger partial charge in [-0.15, -0.1) is 17.0 Å². The van der Waals surface area contributed by atoms with E-state index in [0.29, 0.717) is 6.61 Å². The van der Waals surface area contributed by atoms with Crippen molar-refractivity contribution in [3.63, 3.8) is 0 Å². The molecule has 2 aromatic carbocycles. The lowest BCUT2D eigenvalue weighted by Crippen LogP contribution is -2.18. The second kappa shape index (κ2) is 7.94. The highest BCUT2D eigenvalue weighted by Gasteiger charge is 2.56. The van der Waals surface area contributed by atoms with Crippen LogP contribution in [-0.2, 0) is 23.2 Å². The molecule has 2 atom stereocenters. The fourth-order valence-electron chi connectivity index (χ4n) is 3.47. The van der Waals surface area contributed by atoms with Gasteiger partial charge in [0.15, 0.2) is 0 Å². The van der Waals surface area contributed by atoms with Gasteiger partial charge in [-0.25, -0.2) is 0 Å². The van der Waals surface area contributed by atoms with Gasteiger partial charge in [0.1, 0.15) is 0 Å². The minimum atomic E-state index is 0. The monoisotopic (exact) mass is 395 g/mol. The van der Waals surface area contributed by atoms with E-state index in [4.69, 9.17) is 4.74 Å². The SMILES string of the molecule is Br.c1ccc(COC2CC2(Cc2ccccc2)c2cccnc2)cc1. The van der Waals surface area contributed by atoms with Gasteiger partial charge < -0.3 is 4.74 Å². The topological polar surface area (TPSA) is 22.1 Å². The molecule has 4 rings (SSSR count). The molecule has 1 aliphatic rings. The Morgan fingerprint density at radius 1 is 0.880 bits per heavy atom. The van der Waals surface area contributed by atoms with Gasteiger partial charge in [0.25, 0.3) is 0 Å². The fourth-order valence-corrected chi connectivity index (χ4v) is 3.47. The summed E-state index contributed by atoms with van der Waals surface area (Å²) in [5.41, 5.74) is 3.92. The molecule has 2 nitrogen and oxygen atoms in total. The van der Waals surface area contributed by atoms with Crippen LogP contribution in [0.3, 0.4) is 0 Å². The van der Waals surface area contributed by atoms with Gasteiger partial charge in [-0.1, -0.05) is 66.7 Å². The lowest BCUT2D eigenvalue weighted by molar-refractivity contribution is 0.0893. The van der Waals surface area contributed by atoms with Gasteiger partial charge in [-0.05, 0) is 35.6 Å². The number of pyridine rings is 1. The molecule has 0 bridgehead atoms. The van der Waals surface area contributed by atoms with E-state index in [1.165, 1.54) is 16.7 Å². The first-order valence-electron chi connectivity index (χ1n) is 8.47. The van der Waals surface area contributed by atoms with Crippen molar-refractivity contribution in [3.05, 3.63) is 102 Å². The molecule has 3 heteroatoms. The maximum atomic E-state index is 6.25. The van der Waals surface area contributed by atoms with Crippen molar-refractivity contribution >= 4 is 17.0 Å². The predicted octanol–water partition coefficient (Wildman–Crippen LogP) is 5.13. The van der Waals surface area contributed by atoms with Crippen LogP contribution in [-0.4, -0.2) is 11.1 Å². The highest BCUT2D eigenvalue weighted by Crippen LogP contribution is 2.52. The van der Waals surface area contributed by atoms with Gasteiger partial charge in [0, 0.05) is 17.8 Å². The summed E-state index contributed by atoms with van der Waals surface area (Å²) in [5.74, 6) is 0. The molecule has 25 heavy (non-hydrogen) atoms. The molecule has 128 valence electrons. The van der Waals surface area contributed by atoms with Crippen molar-refractivity contribution in [1.82, 2.24) is 4.98 Å². The Morgan fingerprint density at radius 3 is 2.20 bits per heavy atom. The zero-order valence-electron chi connectivity index (χ0n) is 14.0. The normalized spacial score (nSPS) is 21.4. The highest BCUT2D eigenvalue weighted by atomic mass is 79.9. The van der Waals surface area contributed by atoms with Gasteiger partial charge in [-0.3, -0.25) is 4.98 Å². The van der Waals surface area contributed by atoms with E-state index >= 15 is 0 Å². The van der Waals surface area contributed by atoms with Crippen molar-refractivity contribution in [1.29, 1.82) is 0 Å². The van der Waals surface area contributed by atoms with Crippen molar-refractivity contribution < 1.29 is 4.74 Å². The first-order valence-corrected chi connectivity index (χ1v) is 8.47. The molecule has 0 N–H and O–H groups in total. The lowest BCUT2D eigenvalue weighted by Gasteiger charge is -2.18. The number of aromatic nitrogens is 1. The smallest absolute Gasteiger partial charge is 0.0721 e. The second-order valence-corrected chi connectivity index (χ2v) is 6.55. The first-order chi connectivity index (χ1) is 11.9. The molecule has 0 radical (unpaired) electrons. The molecule has 0 aliphatic heterocycles. The molecule has 3 aromatic rings. The Labute approximate surface area is 159 Å². The number of hydrogen-bond acceptors (Lipinski definition) is 2. The number of hydrogen-bond donors (Lipinski definition) is 0. The molecule has 2 unspecified atom stereocenters. The van der Waals surface area contributed by atoms with Crippen molar-refractivity contribution in [2.24, 2.45) is 0 Å². The van der Waals surface area contributed by atoms with Crippen LogP contribution in [0.1, 0.15) is 23.1 Å². The number of ether oxygens (including phenoxy) is 1. The van der Waals surface area contributed by atoms with Crippen LogP contribution in [0.2, 0.25) is 0 Å². The van der Waals surface area contributed by atoms with E-state index in [-0.39, 0.29) is 28.5 Å². The van der Waals surface area contributed by atoms with Gasteiger partial charge in [-0.2, -0.15) is 0 Å². The molecule has 1 heterocycles. The molecule has 1 fully saturated rings. The Kier molecular flexibility index (Phi) is 5.67. The van der Waals surface area contributed by atoms with Crippen LogP contribution in [0.5, 0.6) is 0 Å².